The highest BCUT2D eigenvalue weighted by molar-refractivity contribution is 6.19. The van der Waals surface area contributed by atoms with E-state index in [0.29, 0.717) is 0 Å². The molecular formula is C53H37N3. The van der Waals surface area contributed by atoms with Crippen LogP contribution in [0.2, 0.25) is 0 Å². The molecule has 11 rings (SSSR count). The van der Waals surface area contributed by atoms with Gasteiger partial charge in [-0.1, -0.05) is 146 Å². The number of para-hydroxylation sites is 1. The standard InChI is InChI=1S/C53H37N3/c1-4-16-36(17-5-1)40-32-41(37-18-6-2-7-19-37)35-43(34-40)56-51-29-13-11-25-45(51)47-31-30-46-44-24-10-12-28-50(44)55(52(46)53(47)56)42-23-14-22-39(33-42)49-27-15-26-48(54-49)38-20-8-3-9-21-38/h1-10,12-24,26-35H,11,25H2. The summed E-state index contributed by atoms with van der Waals surface area (Å²) in [4.78, 5) is 5.15. The van der Waals surface area contributed by atoms with Crippen molar-refractivity contribution in [1.29, 1.82) is 0 Å². The summed E-state index contributed by atoms with van der Waals surface area (Å²) < 4.78 is 5.04. The normalized spacial score (nSPS) is 12.4. The van der Waals surface area contributed by atoms with Crippen LogP contribution < -0.4 is 0 Å². The van der Waals surface area contributed by atoms with Gasteiger partial charge in [-0.05, 0) is 95.3 Å². The van der Waals surface area contributed by atoms with Gasteiger partial charge >= 0.3 is 0 Å². The highest BCUT2D eigenvalue weighted by Gasteiger charge is 2.25. The van der Waals surface area contributed by atoms with Gasteiger partial charge < -0.3 is 9.13 Å². The van der Waals surface area contributed by atoms with Crippen molar-refractivity contribution in [2.45, 2.75) is 12.8 Å². The fourth-order valence-electron chi connectivity index (χ4n) is 8.80. The molecule has 56 heavy (non-hydrogen) atoms. The summed E-state index contributed by atoms with van der Waals surface area (Å²) in [6, 6.07) is 67.8. The third-order valence-corrected chi connectivity index (χ3v) is 11.4. The van der Waals surface area contributed by atoms with Crippen LogP contribution in [0, 0.1) is 0 Å². The van der Waals surface area contributed by atoms with Crippen LogP contribution in [0.1, 0.15) is 17.7 Å². The van der Waals surface area contributed by atoms with Crippen molar-refractivity contribution in [2.75, 3.05) is 0 Å². The van der Waals surface area contributed by atoms with Crippen LogP contribution in [0.15, 0.2) is 194 Å². The Morgan fingerprint density at radius 1 is 0.393 bits per heavy atom. The number of aromatic nitrogens is 3. The number of rotatable bonds is 6. The van der Waals surface area contributed by atoms with E-state index in [1.165, 1.54) is 66.2 Å². The molecule has 0 N–H and O–H groups in total. The van der Waals surface area contributed by atoms with Crippen molar-refractivity contribution in [3.05, 3.63) is 205 Å². The molecule has 3 aromatic heterocycles. The average molecular weight is 716 g/mol. The molecule has 1 aliphatic carbocycles. The zero-order valence-electron chi connectivity index (χ0n) is 30.8. The lowest BCUT2D eigenvalue weighted by molar-refractivity contribution is 0.968. The number of allylic oxidation sites excluding steroid dienone is 1. The van der Waals surface area contributed by atoms with Gasteiger partial charge in [-0.15, -0.1) is 0 Å². The highest BCUT2D eigenvalue weighted by Crippen LogP contribution is 2.43. The van der Waals surface area contributed by atoms with Crippen LogP contribution in [0.3, 0.4) is 0 Å². The van der Waals surface area contributed by atoms with Crippen LogP contribution in [-0.2, 0) is 6.42 Å². The second kappa shape index (κ2) is 13.3. The molecule has 0 unspecified atom stereocenters. The zero-order valence-corrected chi connectivity index (χ0v) is 30.8. The average Bonchev–Trinajstić information content (AvgIpc) is 3.80. The van der Waals surface area contributed by atoms with Gasteiger partial charge in [0, 0.05) is 44.4 Å². The minimum absolute atomic E-state index is 0.953. The van der Waals surface area contributed by atoms with E-state index in [2.05, 4.69) is 203 Å². The second-order valence-corrected chi connectivity index (χ2v) is 14.7. The Balaban J connectivity index is 1.21. The minimum Gasteiger partial charge on any atom is -0.307 e. The maximum atomic E-state index is 5.15. The van der Waals surface area contributed by atoms with Gasteiger partial charge in [0.2, 0.25) is 0 Å². The molecule has 7 aromatic carbocycles. The lowest BCUT2D eigenvalue weighted by Gasteiger charge is -2.17. The molecule has 0 amide bonds. The molecule has 0 fully saturated rings. The fraction of sp³-hybridized carbons (Fsp3) is 0.0377. The van der Waals surface area contributed by atoms with Crippen LogP contribution in [0.5, 0.6) is 0 Å². The molecule has 0 atom stereocenters. The van der Waals surface area contributed by atoms with E-state index in [1.807, 2.05) is 6.07 Å². The first-order valence-electron chi connectivity index (χ1n) is 19.4. The predicted molar refractivity (Wildman–Crippen MR) is 235 cm³/mol. The third kappa shape index (κ3) is 5.32. The lowest BCUT2D eigenvalue weighted by Crippen LogP contribution is -2.03. The van der Waals surface area contributed by atoms with Crippen LogP contribution in [-0.4, -0.2) is 14.1 Å². The SMILES string of the molecule is C1=Cc2c(c3ccc4c5ccccc5n(-c5cccc(-c6cccc(-c7ccccc7)n6)c5)c4c3n2-c2cc(-c3ccccc3)cc(-c3ccccc3)c2)CC1. The monoisotopic (exact) mass is 715 g/mol. The van der Waals surface area contributed by atoms with E-state index in [-0.39, 0.29) is 0 Å². The number of benzene rings is 7. The summed E-state index contributed by atoms with van der Waals surface area (Å²) >= 11 is 0. The molecule has 0 saturated heterocycles. The van der Waals surface area contributed by atoms with Crippen molar-refractivity contribution in [3.8, 4) is 56.1 Å². The first kappa shape index (κ1) is 32.2. The van der Waals surface area contributed by atoms with Gasteiger partial charge in [0.05, 0.1) is 27.9 Å². The number of hydrogen-bond acceptors (Lipinski definition) is 1. The van der Waals surface area contributed by atoms with Crippen LogP contribution in [0.4, 0.5) is 0 Å². The molecular weight excluding hydrogens is 679 g/mol. The zero-order chi connectivity index (χ0) is 37.0. The number of nitrogens with zero attached hydrogens (tertiary/aromatic N) is 3. The topological polar surface area (TPSA) is 22.8 Å². The van der Waals surface area contributed by atoms with Crippen molar-refractivity contribution in [3.63, 3.8) is 0 Å². The van der Waals surface area contributed by atoms with Gasteiger partial charge in [0.1, 0.15) is 0 Å². The largest absolute Gasteiger partial charge is 0.307 e. The van der Waals surface area contributed by atoms with Crippen molar-refractivity contribution in [2.24, 2.45) is 0 Å². The third-order valence-electron chi connectivity index (χ3n) is 11.4. The Morgan fingerprint density at radius 3 is 1.70 bits per heavy atom. The molecule has 3 nitrogen and oxygen atoms in total. The highest BCUT2D eigenvalue weighted by atomic mass is 15.1. The van der Waals surface area contributed by atoms with Crippen LogP contribution in [0.25, 0.3) is 94.9 Å². The molecule has 0 radical (unpaired) electrons. The molecule has 0 spiro atoms. The Kier molecular flexibility index (Phi) is 7.63. The number of hydrogen-bond donors (Lipinski definition) is 0. The van der Waals surface area contributed by atoms with Gasteiger partial charge in [-0.2, -0.15) is 0 Å². The second-order valence-electron chi connectivity index (χ2n) is 14.7. The number of aryl methyl sites for hydroxylation is 1. The summed E-state index contributed by atoms with van der Waals surface area (Å²) in [5.74, 6) is 0. The summed E-state index contributed by atoms with van der Waals surface area (Å²) in [7, 11) is 0. The van der Waals surface area contributed by atoms with E-state index in [4.69, 9.17) is 4.98 Å². The number of fused-ring (bicyclic) bond motifs is 7. The van der Waals surface area contributed by atoms with E-state index in [0.717, 1.165) is 46.7 Å². The predicted octanol–water partition coefficient (Wildman–Crippen LogP) is 13.7. The van der Waals surface area contributed by atoms with E-state index in [1.54, 1.807) is 0 Å². The molecule has 264 valence electrons. The van der Waals surface area contributed by atoms with Crippen LogP contribution >= 0.6 is 0 Å². The molecule has 3 heteroatoms. The Morgan fingerprint density at radius 2 is 0.964 bits per heavy atom. The Bertz CT molecular complexity index is 3050. The summed E-state index contributed by atoms with van der Waals surface area (Å²) in [5, 5.41) is 3.79. The summed E-state index contributed by atoms with van der Waals surface area (Å²) in [6.07, 6.45) is 6.72. The van der Waals surface area contributed by atoms with E-state index in [9.17, 15) is 0 Å². The Hall–Kier alpha value is -7.23. The van der Waals surface area contributed by atoms with Gasteiger partial charge in [0.25, 0.3) is 0 Å². The lowest BCUT2D eigenvalue weighted by atomic mass is 9.97. The first-order valence-corrected chi connectivity index (χ1v) is 19.4. The van der Waals surface area contributed by atoms with Gasteiger partial charge in [-0.3, -0.25) is 0 Å². The molecule has 0 bridgehead atoms. The summed E-state index contributed by atoms with van der Waals surface area (Å²) in [6.45, 7) is 0. The smallest absolute Gasteiger partial charge is 0.0788 e. The van der Waals surface area contributed by atoms with E-state index >= 15 is 0 Å². The summed E-state index contributed by atoms with van der Waals surface area (Å²) in [5.41, 5.74) is 17.5. The van der Waals surface area contributed by atoms with Gasteiger partial charge in [-0.25, -0.2) is 4.98 Å². The van der Waals surface area contributed by atoms with Crippen molar-refractivity contribution < 1.29 is 0 Å². The maximum absolute atomic E-state index is 5.15. The van der Waals surface area contributed by atoms with E-state index < -0.39 is 0 Å². The molecule has 0 saturated carbocycles. The quantitative estimate of drug-likeness (QED) is 0.168. The minimum atomic E-state index is 0.953. The van der Waals surface area contributed by atoms with Crippen molar-refractivity contribution >= 4 is 38.8 Å². The molecule has 0 aliphatic heterocycles. The Labute approximate surface area is 326 Å². The fourth-order valence-corrected chi connectivity index (χ4v) is 8.80. The van der Waals surface area contributed by atoms with Gasteiger partial charge in [0.15, 0.2) is 0 Å². The van der Waals surface area contributed by atoms with Crippen molar-refractivity contribution in [1.82, 2.24) is 14.1 Å². The number of pyridine rings is 1. The maximum Gasteiger partial charge on any atom is 0.0788 e. The molecule has 3 heterocycles. The first-order chi connectivity index (χ1) is 27.8. The molecule has 1 aliphatic rings. The molecule has 10 aromatic rings.